The monoisotopic (exact) mass is 277 g/mol. The van der Waals surface area contributed by atoms with E-state index in [2.05, 4.69) is 20.4 Å². The Bertz CT molecular complexity index is 638. The molecule has 2 rings (SSSR count). The summed E-state index contributed by atoms with van der Waals surface area (Å²) in [7, 11) is 0. The van der Waals surface area contributed by atoms with Gasteiger partial charge in [0.15, 0.2) is 0 Å². The normalized spacial score (nSPS) is 10.5. The summed E-state index contributed by atoms with van der Waals surface area (Å²) >= 11 is 0. The predicted octanol–water partition coefficient (Wildman–Crippen LogP) is 0.892. The molecule has 0 unspecified atom stereocenters. The molecule has 2 heterocycles. The number of nitrogen functional groups attached to an aromatic ring is 1. The smallest absolute Gasteiger partial charge is 0.332 e. The fourth-order valence-corrected chi connectivity index (χ4v) is 1.81. The van der Waals surface area contributed by atoms with E-state index < -0.39 is 4.92 Å². The van der Waals surface area contributed by atoms with E-state index in [0.717, 1.165) is 5.56 Å². The number of aromatic nitrogens is 4. The first-order chi connectivity index (χ1) is 9.47. The van der Waals surface area contributed by atoms with Gasteiger partial charge in [-0.25, -0.2) is 4.98 Å². The van der Waals surface area contributed by atoms with Gasteiger partial charge in [0.25, 0.3) is 0 Å². The van der Waals surface area contributed by atoms with Crippen LogP contribution in [0.25, 0.3) is 0 Å². The summed E-state index contributed by atoms with van der Waals surface area (Å²) in [6.07, 6.45) is 3.63. The molecule has 0 spiro atoms. The van der Waals surface area contributed by atoms with Crippen molar-refractivity contribution >= 4 is 17.5 Å². The molecule has 0 atom stereocenters. The minimum absolute atomic E-state index is 0.00512. The van der Waals surface area contributed by atoms with Gasteiger partial charge in [-0.15, -0.1) is 0 Å². The molecule has 0 fully saturated rings. The molecule has 9 nitrogen and oxygen atoms in total. The number of nitro groups is 1. The Morgan fingerprint density at radius 2 is 2.20 bits per heavy atom. The highest BCUT2D eigenvalue weighted by Crippen LogP contribution is 2.25. The highest BCUT2D eigenvalue weighted by atomic mass is 16.6. The topological polar surface area (TPSA) is 125 Å². The molecule has 2 aromatic rings. The second-order valence-electron chi connectivity index (χ2n) is 4.33. The van der Waals surface area contributed by atoms with Crippen LogP contribution in [0.15, 0.2) is 12.4 Å². The Kier molecular flexibility index (Phi) is 3.78. The van der Waals surface area contributed by atoms with Crippen LogP contribution in [0.4, 0.5) is 17.5 Å². The lowest BCUT2D eigenvalue weighted by molar-refractivity contribution is -0.385. The Morgan fingerprint density at radius 3 is 2.80 bits per heavy atom. The van der Waals surface area contributed by atoms with Crippen LogP contribution in [-0.2, 0) is 6.54 Å². The van der Waals surface area contributed by atoms with E-state index in [1.54, 1.807) is 10.9 Å². The molecular formula is C11H15N7O2. The van der Waals surface area contributed by atoms with Crippen LogP contribution in [0.2, 0.25) is 0 Å². The Balaban J connectivity index is 2.10. The van der Waals surface area contributed by atoms with Crippen molar-refractivity contribution in [3.05, 3.63) is 33.8 Å². The van der Waals surface area contributed by atoms with E-state index in [1.165, 1.54) is 6.92 Å². The van der Waals surface area contributed by atoms with Gasteiger partial charge in [0, 0.05) is 12.7 Å². The average molecular weight is 277 g/mol. The number of nitrogens with two attached hydrogens (primary N) is 1. The molecule has 0 radical (unpaired) electrons. The summed E-state index contributed by atoms with van der Waals surface area (Å²) < 4.78 is 1.74. The fraction of sp³-hybridized carbons (Fsp3) is 0.364. The molecule has 2 aromatic heterocycles. The lowest BCUT2D eigenvalue weighted by Crippen LogP contribution is -2.14. The summed E-state index contributed by atoms with van der Waals surface area (Å²) in [5, 5.41) is 18.0. The summed E-state index contributed by atoms with van der Waals surface area (Å²) in [4.78, 5) is 18.2. The van der Waals surface area contributed by atoms with Crippen molar-refractivity contribution in [2.75, 3.05) is 17.6 Å². The van der Waals surface area contributed by atoms with Crippen LogP contribution in [0.3, 0.4) is 0 Å². The third kappa shape index (κ3) is 2.99. The number of nitrogens with zero attached hydrogens (tertiary/aromatic N) is 5. The van der Waals surface area contributed by atoms with Crippen LogP contribution in [-0.4, -0.2) is 31.2 Å². The summed E-state index contributed by atoms with van der Waals surface area (Å²) in [6.45, 7) is 4.47. The molecule has 0 bridgehead atoms. The number of aryl methyl sites for hydroxylation is 2. The molecule has 9 heteroatoms. The first-order valence-electron chi connectivity index (χ1n) is 5.99. The standard InChI is InChI=1S/C11H15N7O2/c1-7-5-14-17(6-7)4-3-13-10-9(18(19)20)8(2)15-11(12)16-10/h5-6H,3-4H2,1-2H3,(H3,12,13,15,16). The zero-order valence-electron chi connectivity index (χ0n) is 11.2. The number of nitrogens with one attached hydrogen (secondary N) is 1. The van der Waals surface area contributed by atoms with Crippen LogP contribution < -0.4 is 11.1 Å². The second kappa shape index (κ2) is 5.51. The van der Waals surface area contributed by atoms with Gasteiger partial charge in [0.1, 0.15) is 5.69 Å². The highest BCUT2D eigenvalue weighted by molar-refractivity contribution is 5.60. The molecular weight excluding hydrogens is 262 g/mol. The minimum atomic E-state index is -0.519. The molecule has 0 aliphatic rings. The fourth-order valence-electron chi connectivity index (χ4n) is 1.81. The maximum absolute atomic E-state index is 11.0. The van der Waals surface area contributed by atoms with Gasteiger partial charge in [0.05, 0.1) is 17.7 Å². The number of rotatable bonds is 5. The molecule has 0 aliphatic heterocycles. The molecule has 0 aliphatic carbocycles. The number of anilines is 2. The van der Waals surface area contributed by atoms with E-state index in [1.807, 2.05) is 13.1 Å². The van der Waals surface area contributed by atoms with Crippen LogP contribution in [0, 0.1) is 24.0 Å². The van der Waals surface area contributed by atoms with Crippen molar-refractivity contribution in [3.8, 4) is 0 Å². The molecule has 106 valence electrons. The molecule has 3 N–H and O–H groups in total. The van der Waals surface area contributed by atoms with Crippen molar-refractivity contribution in [3.63, 3.8) is 0 Å². The van der Waals surface area contributed by atoms with Gasteiger partial charge in [0.2, 0.25) is 11.8 Å². The average Bonchev–Trinajstić information content (AvgIpc) is 2.73. The lowest BCUT2D eigenvalue weighted by atomic mass is 10.3. The van der Waals surface area contributed by atoms with Gasteiger partial charge in [-0.3, -0.25) is 14.8 Å². The van der Waals surface area contributed by atoms with Gasteiger partial charge >= 0.3 is 5.69 Å². The number of hydrogen-bond donors (Lipinski definition) is 2. The van der Waals surface area contributed by atoms with Crippen molar-refractivity contribution in [2.24, 2.45) is 0 Å². The van der Waals surface area contributed by atoms with E-state index in [-0.39, 0.29) is 23.1 Å². The van der Waals surface area contributed by atoms with Gasteiger partial charge in [-0.1, -0.05) is 0 Å². The Morgan fingerprint density at radius 1 is 1.45 bits per heavy atom. The van der Waals surface area contributed by atoms with Crippen molar-refractivity contribution in [1.29, 1.82) is 0 Å². The third-order valence-electron chi connectivity index (χ3n) is 2.65. The zero-order valence-corrected chi connectivity index (χ0v) is 11.2. The largest absolute Gasteiger partial charge is 0.368 e. The minimum Gasteiger partial charge on any atom is -0.368 e. The lowest BCUT2D eigenvalue weighted by Gasteiger charge is -2.08. The summed E-state index contributed by atoms with van der Waals surface area (Å²) in [5.74, 6) is 0.134. The van der Waals surface area contributed by atoms with Gasteiger partial charge in [-0.2, -0.15) is 10.1 Å². The SMILES string of the molecule is Cc1cnn(CCNc2nc(N)nc(C)c2[N+](=O)[O-])c1. The summed E-state index contributed by atoms with van der Waals surface area (Å²) in [5.41, 5.74) is 6.65. The molecule has 0 amide bonds. The second-order valence-corrected chi connectivity index (χ2v) is 4.33. The van der Waals surface area contributed by atoms with E-state index >= 15 is 0 Å². The molecule has 20 heavy (non-hydrogen) atoms. The molecule has 0 saturated heterocycles. The van der Waals surface area contributed by atoms with E-state index in [0.29, 0.717) is 13.1 Å². The highest BCUT2D eigenvalue weighted by Gasteiger charge is 2.21. The predicted molar refractivity (Wildman–Crippen MR) is 73.3 cm³/mol. The van der Waals surface area contributed by atoms with Gasteiger partial charge < -0.3 is 11.1 Å². The first-order valence-corrected chi connectivity index (χ1v) is 5.99. The van der Waals surface area contributed by atoms with Crippen LogP contribution in [0.1, 0.15) is 11.3 Å². The zero-order chi connectivity index (χ0) is 14.7. The van der Waals surface area contributed by atoms with Gasteiger partial charge in [-0.05, 0) is 19.4 Å². The van der Waals surface area contributed by atoms with Crippen LogP contribution >= 0.6 is 0 Å². The Labute approximate surface area is 115 Å². The first kappa shape index (κ1) is 13.7. The molecule has 0 saturated carbocycles. The maximum atomic E-state index is 11.0. The molecule has 0 aromatic carbocycles. The van der Waals surface area contributed by atoms with Crippen molar-refractivity contribution in [1.82, 2.24) is 19.7 Å². The van der Waals surface area contributed by atoms with E-state index in [4.69, 9.17) is 5.73 Å². The Hall–Kier alpha value is -2.71. The number of hydrogen-bond acceptors (Lipinski definition) is 7. The quantitative estimate of drug-likeness (QED) is 0.614. The summed E-state index contributed by atoms with van der Waals surface area (Å²) in [6, 6.07) is 0. The van der Waals surface area contributed by atoms with Crippen molar-refractivity contribution < 1.29 is 4.92 Å². The third-order valence-corrected chi connectivity index (χ3v) is 2.65. The van der Waals surface area contributed by atoms with Crippen molar-refractivity contribution in [2.45, 2.75) is 20.4 Å². The van der Waals surface area contributed by atoms with E-state index in [9.17, 15) is 10.1 Å². The van der Waals surface area contributed by atoms with Crippen LogP contribution in [0.5, 0.6) is 0 Å². The maximum Gasteiger partial charge on any atom is 0.332 e.